The fourth-order valence-corrected chi connectivity index (χ4v) is 3.69. The van der Waals surface area contributed by atoms with Crippen LogP contribution in [-0.4, -0.2) is 0 Å². The number of pyridine rings is 1. The first-order valence-corrected chi connectivity index (χ1v) is 7.82. The van der Waals surface area contributed by atoms with Crippen molar-refractivity contribution >= 4 is 0 Å². The lowest BCUT2D eigenvalue weighted by Gasteiger charge is -2.11. The molecule has 0 saturated carbocycles. The molecule has 2 aromatic carbocycles. The third-order valence-corrected chi connectivity index (χ3v) is 4.79. The van der Waals surface area contributed by atoms with Crippen LogP contribution in [0.5, 0.6) is 0 Å². The highest BCUT2D eigenvalue weighted by Crippen LogP contribution is 2.41. The Morgan fingerprint density at radius 3 is 2.50 bits per heavy atom. The van der Waals surface area contributed by atoms with E-state index in [2.05, 4.69) is 80.2 Å². The second-order valence-corrected chi connectivity index (χ2v) is 6.31. The van der Waals surface area contributed by atoms with Crippen molar-refractivity contribution in [3.63, 3.8) is 0 Å². The normalized spacial score (nSPS) is 12.1. The standard InChI is InChI=1S/C21H20N/c1-14-7-9-19-17(12-14)13-16-8-10-18(15(2)21(16)19)20-6-4-5-11-22(20)3/h4-12H,13H2,1-3H3/q+1. The van der Waals surface area contributed by atoms with E-state index in [0.717, 1.165) is 6.42 Å². The average Bonchev–Trinajstić information content (AvgIpc) is 2.87. The fraction of sp³-hybridized carbons (Fsp3) is 0.190. The summed E-state index contributed by atoms with van der Waals surface area (Å²) in [5.74, 6) is 0. The molecule has 1 aliphatic carbocycles. The molecular formula is C21H20N+. The second kappa shape index (κ2) is 4.81. The van der Waals surface area contributed by atoms with Gasteiger partial charge in [-0.05, 0) is 60.2 Å². The maximum atomic E-state index is 2.33. The minimum absolute atomic E-state index is 1.06. The molecule has 1 nitrogen and oxygen atoms in total. The van der Waals surface area contributed by atoms with E-state index in [4.69, 9.17) is 0 Å². The lowest BCUT2D eigenvalue weighted by atomic mass is 9.94. The molecule has 22 heavy (non-hydrogen) atoms. The minimum Gasteiger partial charge on any atom is -0.201 e. The largest absolute Gasteiger partial charge is 0.212 e. The Balaban J connectivity index is 1.96. The van der Waals surface area contributed by atoms with E-state index in [9.17, 15) is 0 Å². The summed E-state index contributed by atoms with van der Waals surface area (Å²) in [6.45, 7) is 4.43. The van der Waals surface area contributed by atoms with Crippen LogP contribution in [0.25, 0.3) is 22.4 Å². The first-order chi connectivity index (χ1) is 10.6. The zero-order valence-electron chi connectivity index (χ0n) is 13.4. The third-order valence-electron chi connectivity index (χ3n) is 4.79. The van der Waals surface area contributed by atoms with Crippen molar-refractivity contribution in [2.75, 3.05) is 0 Å². The molecule has 0 saturated heterocycles. The SMILES string of the molecule is Cc1ccc2c(c1)Cc1ccc(-c3cccc[n+]3C)c(C)c1-2. The molecular weight excluding hydrogens is 266 g/mol. The predicted molar refractivity (Wildman–Crippen MR) is 90.8 cm³/mol. The molecule has 0 amide bonds. The number of benzene rings is 2. The van der Waals surface area contributed by atoms with Gasteiger partial charge in [-0.2, -0.15) is 0 Å². The van der Waals surface area contributed by atoms with Crippen molar-refractivity contribution in [1.82, 2.24) is 0 Å². The summed E-state index contributed by atoms with van der Waals surface area (Å²) in [7, 11) is 2.11. The van der Waals surface area contributed by atoms with Gasteiger partial charge in [0.25, 0.3) is 0 Å². The maximum absolute atomic E-state index is 2.33. The Hall–Kier alpha value is -2.41. The number of hydrogen-bond acceptors (Lipinski definition) is 0. The van der Waals surface area contributed by atoms with Crippen molar-refractivity contribution in [1.29, 1.82) is 0 Å². The molecule has 0 atom stereocenters. The molecule has 3 aromatic rings. The molecule has 1 aromatic heterocycles. The van der Waals surface area contributed by atoms with Crippen LogP contribution in [0, 0.1) is 13.8 Å². The molecule has 108 valence electrons. The number of aryl methyl sites for hydroxylation is 2. The number of hydrogen-bond donors (Lipinski definition) is 0. The van der Waals surface area contributed by atoms with E-state index in [1.54, 1.807) is 0 Å². The number of fused-ring (bicyclic) bond motifs is 3. The van der Waals surface area contributed by atoms with E-state index in [-0.39, 0.29) is 0 Å². The van der Waals surface area contributed by atoms with Crippen LogP contribution in [0.15, 0.2) is 54.7 Å². The topological polar surface area (TPSA) is 3.88 Å². The average molecular weight is 286 g/mol. The summed E-state index contributed by atoms with van der Waals surface area (Å²) in [6, 6.07) is 17.8. The number of rotatable bonds is 1. The van der Waals surface area contributed by atoms with Crippen molar-refractivity contribution < 1.29 is 4.57 Å². The van der Waals surface area contributed by atoms with Gasteiger partial charge in [0.1, 0.15) is 7.05 Å². The van der Waals surface area contributed by atoms with Crippen LogP contribution in [0.1, 0.15) is 22.3 Å². The summed E-state index contributed by atoms with van der Waals surface area (Å²) in [6.07, 6.45) is 3.17. The second-order valence-electron chi connectivity index (χ2n) is 6.31. The highest BCUT2D eigenvalue weighted by molar-refractivity contribution is 5.84. The van der Waals surface area contributed by atoms with Gasteiger partial charge in [-0.15, -0.1) is 0 Å². The first-order valence-electron chi connectivity index (χ1n) is 7.82. The van der Waals surface area contributed by atoms with Crippen LogP contribution < -0.4 is 4.57 Å². The minimum atomic E-state index is 1.06. The van der Waals surface area contributed by atoms with Gasteiger partial charge < -0.3 is 0 Å². The quantitative estimate of drug-likeness (QED) is 0.458. The molecule has 1 aliphatic rings. The number of aromatic nitrogens is 1. The van der Waals surface area contributed by atoms with Crippen LogP contribution in [0.3, 0.4) is 0 Å². The van der Waals surface area contributed by atoms with E-state index < -0.39 is 0 Å². The lowest BCUT2D eigenvalue weighted by Crippen LogP contribution is -2.30. The van der Waals surface area contributed by atoms with Gasteiger partial charge >= 0.3 is 0 Å². The predicted octanol–water partition coefficient (Wildman–Crippen LogP) is 4.37. The van der Waals surface area contributed by atoms with E-state index in [0.29, 0.717) is 0 Å². The Morgan fingerprint density at radius 1 is 0.864 bits per heavy atom. The first kappa shape index (κ1) is 13.3. The smallest absolute Gasteiger partial charge is 0.201 e. The van der Waals surface area contributed by atoms with Crippen LogP contribution in [-0.2, 0) is 13.5 Å². The Morgan fingerprint density at radius 2 is 1.68 bits per heavy atom. The van der Waals surface area contributed by atoms with Gasteiger partial charge in [-0.25, -0.2) is 4.57 Å². The molecule has 0 unspecified atom stereocenters. The lowest BCUT2D eigenvalue weighted by molar-refractivity contribution is -0.660. The van der Waals surface area contributed by atoms with E-state index >= 15 is 0 Å². The molecule has 1 heteroatoms. The zero-order valence-corrected chi connectivity index (χ0v) is 13.4. The highest BCUT2D eigenvalue weighted by Gasteiger charge is 2.23. The van der Waals surface area contributed by atoms with Gasteiger partial charge in [0.15, 0.2) is 6.20 Å². The molecule has 0 radical (unpaired) electrons. The van der Waals surface area contributed by atoms with Crippen molar-refractivity contribution in [2.24, 2.45) is 7.05 Å². The molecule has 0 spiro atoms. The maximum Gasteiger partial charge on any atom is 0.212 e. The molecule has 4 rings (SSSR count). The van der Waals surface area contributed by atoms with E-state index in [1.165, 1.54) is 44.6 Å². The summed E-state index contributed by atoms with van der Waals surface area (Å²) >= 11 is 0. The molecule has 1 heterocycles. The van der Waals surface area contributed by atoms with Crippen LogP contribution in [0.2, 0.25) is 0 Å². The van der Waals surface area contributed by atoms with Crippen molar-refractivity contribution in [3.8, 4) is 22.4 Å². The highest BCUT2D eigenvalue weighted by atomic mass is 14.9. The molecule has 0 fully saturated rings. The van der Waals surface area contributed by atoms with Crippen molar-refractivity contribution in [3.05, 3.63) is 77.0 Å². The molecule has 0 aliphatic heterocycles. The Labute approximate surface area is 131 Å². The van der Waals surface area contributed by atoms with Crippen molar-refractivity contribution in [2.45, 2.75) is 20.3 Å². The van der Waals surface area contributed by atoms with Crippen LogP contribution >= 0.6 is 0 Å². The summed E-state index contributed by atoms with van der Waals surface area (Å²) in [5, 5.41) is 0. The van der Waals surface area contributed by atoms with Crippen LogP contribution in [0.4, 0.5) is 0 Å². The Bertz CT molecular complexity index is 890. The van der Waals surface area contributed by atoms with Gasteiger partial charge in [-0.1, -0.05) is 29.8 Å². The van der Waals surface area contributed by atoms with E-state index in [1.807, 2.05) is 0 Å². The van der Waals surface area contributed by atoms with Gasteiger partial charge in [0.05, 0.1) is 0 Å². The summed E-state index contributed by atoms with van der Waals surface area (Å²) in [4.78, 5) is 0. The summed E-state index contributed by atoms with van der Waals surface area (Å²) in [5.41, 5.74) is 11.1. The monoisotopic (exact) mass is 286 g/mol. The molecule has 0 bridgehead atoms. The number of nitrogens with zero attached hydrogens (tertiary/aromatic N) is 1. The van der Waals surface area contributed by atoms with Gasteiger partial charge in [0, 0.05) is 17.7 Å². The third kappa shape index (κ3) is 1.89. The summed E-state index contributed by atoms with van der Waals surface area (Å²) < 4.78 is 2.19. The zero-order chi connectivity index (χ0) is 15.3. The Kier molecular flexibility index (Phi) is 2.90. The van der Waals surface area contributed by atoms with Gasteiger partial charge in [0.2, 0.25) is 5.69 Å². The fourth-order valence-electron chi connectivity index (χ4n) is 3.69. The molecule has 0 N–H and O–H groups in total. The van der Waals surface area contributed by atoms with Gasteiger partial charge in [-0.3, -0.25) is 0 Å².